The molecular weight excluding hydrogens is 226 g/mol. The minimum Gasteiger partial charge on any atom is -0.355 e. The standard InChI is InChI=1S/C13H23N5/c1-10(2)8-14-13-16-12(9-15-17-13)18-6-4-11(3)5-7-18/h9-11H,4-8H2,1-3H3,(H,14,16,17). The van der Waals surface area contributed by atoms with Crippen molar-refractivity contribution in [2.75, 3.05) is 29.9 Å². The third-order valence-corrected chi connectivity index (χ3v) is 3.32. The molecule has 2 rings (SSSR count). The van der Waals surface area contributed by atoms with E-state index >= 15 is 0 Å². The van der Waals surface area contributed by atoms with E-state index in [4.69, 9.17) is 0 Å². The number of nitrogens with one attached hydrogen (secondary N) is 1. The molecule has 1 fully saturated rings. The Kier molecular flexibility index (Phi) is 4.33. The monoisotopic (exact) mass is 249 g/mol. The van der Waals surface area contributed by atoms with E-state index in [9.17, 15) is 0 Å². The van der Waals surface area contributed by atoms with E-state index in [1.807, 2.05) is 0 Å². The maximum Gasteiger partial charge on any atom is 0.244 e. The fourth-order valence-corrected chi connectivity index (χ4v) is 2.06. The molecule has 1 aromatic heterocycles. The maximum absolute atomic E-state index is 4.53. The average Bonchev–Trinajstić information content (AvgIpc) is 2.37. The molecule has 0 atom stereocenters. The third kappa shape index (κ3) is 3.55. The van der Waals surface area contributed by atoms with E-state index in [-0.39, 0.29) is 0 Å². The van der Waals surface area contributed by atoms with Gasteiger partial charge in [0.2, 0.25) is 5.95 Å². The summed E-state index contributed by atoms with van der Waals surface area (Å²) >= 11 is 0. The first-order valence-corrected chi connectivity index (χ1v) is 6.83. The first-order chi connectivity index (χ1) is 8.65. The van der Waals surface area contributed by atoms with Crippen molar-refractivity contribution >= 4 is 11.8 Å². The van der Waals surface area contributed by atoms with E-state index in [1.165, 1.54) is 12.8 Å². The highest BCUT2D eigenvalue weighted by Gasteiger charge is 2.17. The summed E-state index contributed by atoms with van der Waals surface area (Å²) in [4.78, 5) is 6.84. The van der Waals surface area contributed by atoms with Crippen molar-refractivity contribution in [3.05, 3.63) is 6.20 Å². The SMILES string of the molecule is CC(C)CNc1nncc(N2CCC(C)CC2)n1. The summed E-state index contributed by atoms with van der Waals surface area (Å²) in [5.41, 5.74) is 0. The predicted molar refractivity (Wildman–Crippen MR) is 73.8 cm³/mol. The highest BCUT2D eigenvalue weighted by Crippen LogP contribution is 2.20. The van der Waals surface area contributed by atoms with Crippen LogP contribution in [0.4, 0.5) is 11.8 Å². The van der Waals surface area contributed by atoms with Crippen LogP contribution < -0.4 is 10.2 Å². The van der Waals surface area contributed by atoms with Crippen LogP contribution >= 0.6 is 0 Å². The summed E-state index contributed by atoms with van der Waals surface area (Å²) in [6.45, 7) is 9.66. The summed E-state index contributed by atoms with van der Waals surface area (Å²) in [7, 11) is 0. The van der Waals surface area contributed by atoms with E-state index < -0.39 is 0 Å². The van der Waals surface area contributed by atoms with E-state index in [0.29, 0.717) is 11.9 Å². The summed E-state index contributed by atoms with van der Waals surface area (Å²) in [6, 6.07) is 0. The molecule has 100 valence electrons. The predicted octanol–water partition coefficient (Wildman–Crippen LogP) is 2.18. The molecule has 1 saturated heterocycles. The molecule has 0 unspecified atom stereocenters. The molecule has 0 aliphatic carbocycles. The molecule has 18 heavy (non-hydrogen) atoms. The van der Waals surface area contributed by atoms with Crippen molar-refractivity contribution in [2.45, 2.75) is 33.6 Å². The summed E-state index contributed by atoms with van der Waals surface area (Å²) in [5, 5.41) is 11.3. The zero-order valence-corrected chi connectivity index (χ0v) is 11.6. The second kappa shape index (κ2) is 5.98. The Hall–Kier alpha value is -1.39. The largest absolute Gasteiger partial charge is 0.355 e. The van der Waals surface area contributed by atoms with Gasteiger partial charge in [-0.05, 0) is 24.7 Å². The molecule has 0 radical (unpaired) electrons. The summed E-state index contributed by atoms with van der Waals surface area (Å²) < 4.78 is 0. The second-order valence-corrected chi connectivity index (χ2v) is 5.58. The molecule has 0 bridgehead atoms. The van der Waals surface area contributed by atoms with Crippen molar-refractivity contribution in [3.63, 3.8) is 0 Å². The Labute approximate surface area is 109 Å². The van der Waals surface area contributed by atoms with Gasteiger partial charge in [0.25, 0.3) is 0 Å². The Balaban J connectivity index is 1.98. The number of aromatic nitrogens is 3. The van der Waals surface area contributed by atoms with Gasteiger partial charge >= 0.3 is 0 Å². The van der Waals surface area contributed by atoms with Crippen LogP contribution in [0.3, 0.4) is 0 Å². The quantitative estimate of drug-likeness (QED) is 0.886. The molecule has 0 aromatic carbocycles. The first-order valence-electron chi connectivity index (χ1n) is 6.83. The molecule has 1 N–H and O–H groups in total. The van der Waals surface area contributed by atoms with Crippen molar-refractivity contribution in [2.24, 2.45) is 11.8 Å². The topological polar surface area (TPSA) is 53.9 Å². The van der Waals surface area contributed by atoms with Gasteiger partial charge in [0, 0.05) is 19.6 Å². The van der Waals surface area contributed by atoms with Crippen LogP contribution in [0.25, 0.3) is 0 Å². The molecule has 1 aliphatic rings. The zero-order valence-electron chi connectivity index (χ0n) is 11.6. The number of rotatable bonds is 4. The summed E-state index contributed by atoms with van der Waals surface area (Å²) in [6.07, 6.45) is 4.23. The van der Waals surface area contributed by atoms with Gasteiger partial charge in [0.05, 0.1) is 6.20 Å². The highest BCUT2D eigenvalue weighted by molar-refractivity contribution is 5.40. The number of hydrogen-bond acceptors (Lipinski definition) is 5. The van der Waals surface area contributed by atoms with Crippen molar-refractivity contribution < 1.29 is 0 Å². The molecule has 0 amide bonds. The van der Waals surface area contributed by atoms with Crippen LogP contribution in [0.2, 0.25) is 0 Å². The van der Waals surface area contributed by atoms with Crippen molar-refractivity contribution in [3.8, 4) is 0 Å². The number of piperidine rings is 1. The van der Waals surface area contributed by atoms with Gasteiger partial charge in [-0.25, -0.2) is 0 Å². The third-order valence-electron chi connectivity index (χ3n) is 3.32. The van der Waals surface area contributed by atoms with Gasteiger partial charge in [0.15, 0.2) is 5.82 Å². The lowest BCUT2D eigenvalue weighted by molar-refractivity contribution is 0.436. The van der Waals surface area contributed by atoms with E-state index in [2.05, 4.69) is 46.2 Å². The van der Waals surface area contributed by atoms with Crippen molar-refractivity contribution in [1.82, 2.24) is 15.2 Å². The Morgan fingerprint density at radius 3 is 2.78 bits per heavy atom. The van der Waals surface area contributed by atoms with Crippen LogP contribution in [0.15, 0.2) is 6.20 Å². The zero-order chi connectivity index (χ0) is 13.0. The van der Waals surface area contributed by atoms with Crippen LogP contribution in [-0.2, 0) is 0 Å². The molecule has 1 aromatic rings. The average molecular weight is 249 g/mol. The second-order valence-electron chi connectivity index (χ2n) is 5.58. The summed E-state index contributed by atoms with van der Waals surface area (Å²) in [5.74, 6) is 2.99. The molecule has 2 heterocycles. The number of nitrogens with zero attached hydrogens (tertiary/aromatic N) is 4. The van der Waals surface area contributed by atoms with E-state index in [0.717, 1.165) is 31.4 Å². The molecular formula is C13H23N5. The highest BCUT2D eigenvalue weighted by atomic mass is 15.3. The molecule has 1 aliphatic heterocycles. The van der Waals surface area contributed by atoms with Crippen LogP contribution in [0.1, 0.15) is 33.6 Å². The van der Waals surface area contributed by atoms with Crippen LogP contribution in [0.5, 0.6) is 0 Å². The minimum absolute atomic E-state index is 0.577. The van der Waals surface area contributed by atoms with Gasteiger partial charge in [-0.3, -0.25) is 0 Å². The van der Waals surface area contributed by atoms with Gasteiger partial charge in [-0.15, -0.1) is 5.10 Å². The Morgan fingerprint density at radius 1 is 1.39 bits per heavy atom. The normalized spacial score (nSPS) is 17.2. The first kappa shape index (κ1) is 13.1. The molecule has 5 nitrogen and oxygen atoms in total. The number of anilines is 2. The Bertz CT molecular complexity index is 371. The molecule has 0 saturated carbocycles. The maximum atomic E-state index is 4.53. The Morgan fingerprint density at radius 2 is 2.11 bits per heavy atom. The van der Waals surface area contributed by atoms with Gasteiger partial charge in [-0.1, -0.05) is 20.8 Å². The van der Waals surface area contributed by atoms with Crippen LogP contribution in [0, 0.1) is 11.8 Å². The fraction of sp³-hybridized carbons (Fsp3) is 0.769. The molecule has 5 heteroatoms. The lowest BCUT2D eigenvalue weighted by Crippen LogP contribution is -2.33. The van der Waals surface area contributed by atoms with Gasteiger partial charge in [-0.2, -0.15) is 10.1 Å². The van der Waals surface area contributed by atoms with Gasteiger partial charge in [0.1, 0.15) is 0 Å². The lowest BCUT2D eigenvalue weighted by Gasteiger charge is -2.30. The lowest BCUT2D eigenvalue weighted by atomic mass is 9.99. The van der Waals surface area contributed by atoms with Crippen molar-refractivity contribution in [1.29, 1.82) is 0 Å². The smallest absolute Gasteiger partial charge is 0.244 e. The molecule has 0 spiro atoms. The van der Waals surface area contributed by atoms with Crippen LogP contribution in [-0.4, -0.2) is 34.8 Å². The van der Waals surface area contributed by atoms with Gasteiger partial charge < -0.3 is 10.2 Å². The van der Waals surface area contributed by atoms with E-state index in [1.54, 1.807) is 6.20 Å². The fourth-order valence-electron chi connectivity index (χ4n) is 2.06. The number of hydrogen-bond donors (Lipinski definition) is 1. The minimum atomic E-state index is 0.577.